The van der Waals surface area contributed by atoms with E-state index in [9.17, 15) is 14.4 Å². The van der Waals surface area contributed by atoms with Gasteiger partial charge in [0, 0.05) is 19.4 Å². The maximum Gasteiger partial charge on any atom is 0.320 e. The molecule has 0 saturated heterocycles. The number of carbonyl (C=O) groups is 3. The molecule has 0 aromatic rings. The van der Waals surface area contributed by atoms with Gasteiger partial charge in [0.1, 0.15) is 6.04 Å². The van der Waals surface area contributed by atoms with Gasteiger partial charge in [-0.1, -0.05) is 64.2 Å². The molecule has 0 bridgehead atoms. The van der Waals surface area contributed by atoms with Gasteiger partial charge in [0.05, 0.1) is 0 Å². The highest BCUT2D eigenvalue weighted by molar-refractivity contribution is 5.75. The second kappa shape index (κ2) is 19.7. The third kappa shape index (κ3) is 20.9. The zero-order chi connectivity index (χ0) is 21.7. The van der Waals surface area contributed by atoms with Crippen molar-refractivity contribution in [1.82, 2.24) is 5.32 Å². The largest absolute Gasteiger partial charge is 0.481 e. The van der Waals surface area contributed by atoms with Crippen LogP contribution in [-0.2, 0) is 14.4 Å². The van der Waals surface area contributed by atoms with Crippen molar-refractivity contribution >= 4 is 17.8 Å². The first-order chi connectivity index (χ1) is 13.9. The summed E-state index contributed by atoms with van der Waals surface area (Å²) in [5.41, 5.74) is 5.43. The Labute approximate surface area is 175 Å². The fourth-order valence-electron chi connectivity index (χ4n) is 3.26. The molecule has 0 heterocycles. The van der Waals surface area contributed by atoms with Gasteiger partial charge < -0.3 is 21.3 Å². The summed E-state index contributed by atoms with van der Waals surface area (Å²) in [5.74, 6) is -1.59. The summed E-state index contributed by atoms with van der Waals surface area (Å²) in [6.45, 7) is 0.588. The third-order valence-corrected chi connectivity index (χ3v) is 5.13. The SMILES string of the molecule is N[C@@H](CCCCNC(=O)CCCCCCCCCCCCCCC(=O)O)C(=O)O. The summed E-state index contributed by atoms with van der Waals surface area (Å²) in [6, 6.07) is -0.804. The third-order valence-electron chi connectivity index (χ3n) is 5.13. The zero-order valence-electron chi connectivity index (χ0n) is 18.0. The number of carbonyl (C=O) groups excluding carboxylic acids is 1. The lowest BCUT2D eigenvalue weighted by atomic mass is 10.0. The molecule has 0 aliphatic rings. The van der Waals surface area contributed by atoms with E-state index in [1.165, 1.54) is 44.9 Å². The Bertz CT molecular complexity index is 443. The number of unbranched alkanes of at least 4 members (excludes halogenated alkanes) is 12. The van der Waals surface area contributed by atoms with Gasteiger partial charge in [0.15, 0.2) is 0 Å². The standard InChI is InChI=1S/C22H42N2O5/c23-19(22(28)29)15-13-14-18-24-20(25)16-11-9-7-5-3-1-2-4-6-8-10-12-17-21(26)27/h19H,1-18,23H2,(H,24,25)(H,26,27)(H,28,29)/t19-/m0/s1. The molecule has 1 amide bonds. The van der Waals surface area contributed by atoms with E-state index in [1.54, 1.807) is 0 Å². The fraction of sp³-hybridized carbons (Fsp3) is 0.864. The lowest BCUT2D eigenvalue weighted by molar-refractivity contribution is -0.139. The Morgan fingerprint density at radius 3 is 1.55 bits per heavy atom. The average molecular weight is 415 g/mol. The Kier molecular flexibility index (Phi) is 18.6. The maximum atomic E-state index is 11.7. The average Bonchev–Trinajstić information content (AvgIpc) is 2.67. The Morgan fingerprint density at radius 1 is 0.655 bits per heavy atom. The van der Waals surface area contributed by atoms with Crippen LogP contribution in [0.4, 0.5) is 0 Å². The lowest BCUT2D eigenvalue weighted by Gasteiger charge is -2.07. The van der Waals surface area contributed by atoms with Gasteiger partial charge in [-0.15, -0.1) is 0 Å². The zero-order valence-corrected chi connectivity index (χ0v) is 18.0. The highest BCUT2D eigenvalue weighted by atomic mass is 16.4. The van der Waals surface area contributed by atoms with Crippen LogP contribution in [0.5, 0.6) is 0 Å². The molecule has 0 aromatic carbocycles. The van der Waals surface area contributed by atoms with Gasteiger partial charge in [-0.25, -0.2) is 0 Å². The van der Waals surface area contributed by atoms with Crippen LogP contribution in [0.15, 0.2) is 0 Å². The monoisotopic (exact) mass is 414 g/mol. The van der Waals surface area contributed by atoms with E-state index >= 15 is 0 Å². The number of aliphatic carboxylic acids is 2. The number of carboxylic acids is 2. The van der Waals surface area contributed by atoms with E-state index in [0.717, 1.165) is 38.5 Å². The molecule has 29 heavy (non-hydrogen) atoms. The van der Waals surface area contributed by atoms with Crippen LogP contribution in [0.3, 0.4) is 0 Å². The van der Waals surface area contributed by atoms with Gasteiger partial charge in [0.2, 0.25) is 5.91 Å². The highest BCUT2D eigenvalue weighted by Gasteiger charge is 2.10. The molecule has 0 rings (SSSR count). The van der Waals surface area contributed by atoms with Crippen molar-refractivity contribution < 1.29 is 24.6 Å². The molecule has 0 saturated carbocycles. The molecule has 0 fully saturated rings. The minimum Gasteiger partial charge on any atom is -0.481 e. The van der Waals surface area contributed by atoms with E-state index in [1.807, 2.05) is 0 Å². The van der Waals surface area contributed by atoms with Crippen molar-refractivity contribution in [2.75, 3.05) is 6.54 Å². The van der Waals surface area contributed by atoms with Crippen molar-refractivity contribution in [3.8, 4) is 0 Å². The van der Waals surface area contributed by atoms with Crippen LogP contribution in [-0.4, -0.2) is 40.6 Å². The van der Waals surface area contributed by atoms with Gasteiger partial charge in [-0.2, -0.15) is 0 Å². The molecule has 0 aliphatic carbocycles. The Morgan fingerprint density at radius 2 is 1.10 bits per heavy atom. The van der Waals surface area contributed by atoms with E-state index in [-0.39, 0.29) is 5.91 Å². The molecule has 1 atom stereocenters. The first-order valence-corrected chi connectivity index (χ1v) is 11.4. The minimum atomic E-state index is -0.973. The lowest BCUT2D eigenvalue weighted by Crippen LogP contribution is -2.30. The number of amides is 1. The van der Waals surface area contributed by atoms with Gasteiger partial charge in [0.25, 0.3) is 0 Å². The summed E-state index contributed by atoms with van der Waals surface area (Å²) in [5, 5.41) is 20.1. The topological polar surface area (TPSA) is 130 Å². The summed E-state index contributed by atoms with van der Waals surface area (Å²) in [7, 11) is 0. The molecule has 0 aliphatic heterocycles. The van der Waals surface area contributed by atoms with Crippen molar-refractivity contribution in [3.05, 3.63) is 0 Å². The molecule has 7 heteroatoms. The number of hydrogen-bond acceptors (Lipinski definition) is 4. The first-order valence-electron chi connectivity index (χ1n) is 11.4. The quantitative estimate of drug-likeness (QED) is 0.208. The number of rotatable bonds is 21. The van der Waals surface area contributed by atoms with Crippen molar-refractivity contribution in [3.63, 3.8) is 0 Å². The van der Waals surface area contributed by atoms with Crippen LogP contribution < -0.4 is 11.1 Å². The molecular weight excluding hydrogens is 372 g/mol. The second-order valence-corrected chi connectivity index (χ2v) is 7.93. The van der Waals surface area contributed by atoms with E-state index in [2.05, 4.69) is 5.32 Å². The predicted octanol–water partition coefficient (Wildman–Crippen LogP) is 4.23. The van der Waals surface area contributed by atoms with Crippen LogP contribution >= 0.6 is 0 Å². The second-order valence-electron chi connectivity index (χ2n) is 7.93. The van der Waals surface area contributed by atoms with E-state index in [0.29, 0.717) is 32.2 Å². The molecular formula is C22H42N2O5. The number of carboxylic acid groups (broad SMARTS) is 2. The molecule has 7 nitrogen and oxygen atoms in total. The maximum absolute atomic E-state index is 11.7. The molecule has 0 radical (unpaired) electrons. The molecule has 0 spiro atoms. The predicted molar refractivity (Wildman–Crippen MR) is 115 cm³/mol. The Balaban J connectivity index is 3.23. The summed E-state index contributed by atoms with van der Waals surface area (Å²) in [4.78, 5) is 32.7. The van der Waals surface area contributed by atoms with Crippen LogP contribution in [0.2, 0.25) is 0 Å². The van der Waals surface area contributed by atoms with Crippen LogP contribution in [0, 0.1) is 0 Å². The Hall–Kier alpha value is -1.63. The molecule has 0 unspecified atom stereocenters. The number of nitrogens with two attached hydrogens (primary N) is 1. The highest BCUT2D eigenvalue weighted by Crippen LogP contribution is 2.13. The summed E-state index contributed by atoms with van der Waals surface area (Å²) < 4.78 is 0. The number of nitrogens with one attached hydrogen (secondary N) is 1. The van der Waals surface area contributed by atoms with Gasteiger partial charge >= 0.3 is 11.9 Å². The summed E-state index contributed by atoms with van der Waals surface area (Å²) in [6.07, 6.45) is 16.4. The number of hydrogen-bond donors (Lipinski definition) is 4. The van der Waals surface area contributed by atoms with Crippen molar-refractivity contribution in [1.29, 1.82) is 0 Å². The van der Waals surface area contributed by atoms with Crippen molar-refractivity contribution in [2.45, 2.75) is 115 Å². The van der Waals surface area contributed by atoms with E-state index < -0.39 is 18.0 Å². The normalized spacial score (nSPS) is 11.9. The minimum absolute atomic E-state index is 0.0795. The van der Waals surface area contributed by atoms with Crippen LogP contribution in [0.1, 0.15) is 109 Å². The van der Waals surface area contributed by atoms with Crippen LogP contribution in [0.25, 0.3) is 0 Å². The molecule has 0 aromatic heterocycles. The van der Waals surface area contributed by atoms with Gasteiger partial charge in [-0.05, 0) is 32.1 Å². The summed E-state index contributed by atoms with van der Waals surface area (Å²) >= 11 is 0. The first kappa shape index (κ1) is 27.4. The van der Waals surface area contributed by atoms with Gasteiger partial charge in [-0.3, -0.25) is 14.4 Å². The van der Waals surface area contributed by atoms with E-state index in [4.69, 9.17) is 15.9 Å². The molecule has 5 N–H and O–H groups in total. The molecule has 170 valence electrons. The van der Waals surface area contributed by atoms with Crippen molar-refractivity contribution in [2.24, 2.45) is 5.73 Å². The fourth-order valence-corrected chi connectivity index (χ4v) is 3.26. The smallest absolute Gasteiger partial charge is 0.320 e.